The molecule has 1 amide bonds. The van der Waals surface area contributed by atoms with Gasteiger partial charge in [-0.3, -0.25) is 9.78 Å². The van der Waals surface area contributed by atoms with Crippen molar-refractivity contribution >= 4 is 23.6 Å². The number of aromatic nitrogens is 3. The van der Waals surface area contributed by atoms with Crippen LogP contribution in [0.5, 0.6) is 0 Å². The molecule has 154 valence electrons. The summed E-state index contributed by atoms with van der Waals surface area (Å²) < 4.78 is 1.84. The first kappa shape index (κ1) is 20.6. The Morgan fingerprint density at radius 2 is 1.84 bits per heavy atom. The van der Waals surface area contributed by atoms with Crippen LogP contribution in [0.3, 0.4) is 0 Å². The molecule has 0 atom stereocenters. The van der Waals surface area contributed by atoms with Crippen molar-refractivity contribution in [2.75, 3.05) is 7.05 Å². The molecule has 0 aliphatic rings. The molecule has 0 bridgehead atoms. The van der Waals surface area contributed by atoms with E-state index < -0.39 is 0 Å². The van der Waals surface area contributed by atoms with E-state index in [1.165, 1.54) is 0 Å². The van der Waals surface area contributed by atoms with Gasteiger partial charge in [0.1, 0.15) is 0 Å². The predicted octanol–water partition coefficient (Wildman–Crippen LogP) is 5.26. The number of carbonyl (C=O) groups is 1. The van der Waals surface area contributed by atoms with E-state index in [4.69, 9.17) is 16.7 Å². The highest BCUT2D eigenvalue weighted by Crippen LogP contribution is 2.26. The molecule has 0 saturated heterocycles. The molecule has 0 fully saturated rings. The van der Waals surface area contributed by atoms with Crippen molar-refractivity contribution in [2.45, 2.75) is 6.54 Å². The predicted molar refractivity (Wildman–Crippen MR) is 124 cm³/mol. The van der Waals surface area contributed by atoms with Gasteiger partial charge in [-0.2, -0.15) is 5.10 Å². The maximum absolute atomic E-state index is 12.7. The molecule has 2 heterocycles. The molecule has 2 aromatic heterocycles. The number of carbonyl (C=O) groups excluding carboxylic acids is 1. The number of para-hydroxylation sites is 1. The monoisotopic (exact) mass is 428 g/mol. The number of halogens is 1. The number of hydrogen-bond acceptors (Lipinski definition) is 3. The average molecular weight is 429 g/mol. The first-order chi connectivity index (χ1) is 15.1. The van der Waals surface area contributed by atoms with Gasteiger partial charge in [0, 0.05) is 54.4 Å². The van der Waals surface area contributed by atoms with Crippen LogP contribution < -0.4 is 0 Å². The summed E-state index contributed by atoms with van der Waals surface area (Å²) in [5.41, 5.74) is 4.53. The summed E-state index contributed by atoms with van der Waals surface area (Å²) in [4.78, 5) is 18.4. The summed E-state index contributed by atoms with van der Waals surface area (Å²) in [6.45, 7) is 0.418. The van der Waals surface area contributed by atoms with Crippen molar-refractivity contribution < 1.29 is 4.79 Å². The van der Waals surface area contributed by atoms with Crippen LogP contribution in [0.4, 0.5) is 0 Å². The summed E-state index contributed by atoms with van der Waals surface area (Å²) in [5, 5.41) is 5.46. The molecule has 0 spiro atoms. The van der Waals surface area contributed by atoms with Crippen LogP contribution in [0, 0.1) is 0 Å². The van der Waals surface area contributed by atoms with Crippen LogP contribution in [-0.2, 0) is 11.3 Å². The van der Waals surface area contributed by atoms with E-state index in [1.807, 2.05) is 77.6 Å². The highest BCUT2D eigenvalue weighted by Gasteiger charge is 2.16. The molecule has 6 heteroatoms. The number of rotatable bonds is 6. The molecule has 0 saturated carbocycles. The van der Waals surface area contributed by atoms with Crippen LogP contribution >= 0.6 is 11.6 Å². The van der Waals surface area contributed by atoms with E-state index in [-0.39, 0.29) is 5.91 Å². The van der Waals surface area contributed by atoms with Gasteiger partial charge in [-0.25, -0.2) is 4.68 Å². The van der Waals surface area contributed by atoms with Crippen LogP contribution in [-0.4, -0.2) is 32.6 Å². The minimum Gasteiger partial charge on any atom is -0.338 e. The van der Waals surface area contributed by atoms with E-state index >= 15 is 0 Å². The Morgan fingerprint density at radius 3 is 2.55 bits per heavy atom. The smallest absolute Gasteiger partial charge is 0.246 e. The van der Waals surface area contributed by atoms with E-state index in [0.717, 1.165) is 28.1 Å². The van der Waals surface area contributed by atoms with Crippen molar-refractivity contribution in [1.29, 1.82) is 0 Å². The lowest BCUT2D eigenvalue weighted by Gasteiger charge is -2.15. The SMILES string of the molecule is CN(Cc1cn(-c2ccccc2)nc1-c1ccc(Cl)cc1)C(=O)C=Cc1cccnc1. The molecule has 5 nitrogen and oxygen atoms in total. The lowest BCUT2D eigenvalue weighted by Crippen LogP contribution is -2.24. The Morgan fingerprint density at radius 1 is 1.06 bits per heavy atom. The lowest BCUT2D eigenvalue weighted by molar-refractivity contribution is -0.125. The topological polar surface area (TPSA) is 51.0 Å². The third-order valence-corrected chi connectivity index (χ3v) is 5.07. The molecular formula is C25H21ClN4O. The fourth-order valence-electron chi connectivity index (χ4n) is 3.19. The zero-order valence-corrected chi connectivity index (χ0v) is 17.8. The third-order valence-electron chi connectivity index (χ3n) is 4.81. The molecule has 0 radical (unpaired) electrons. The fraction of sp³-hybridized carbons (Fsp3) is 0.0800. The summed E-state index contributed by atoms with van der Waals surface area (Å²) in [6.07, 6.45) is 8.70. The zero-order valence-electron chi connectivity index (χ0n) is 17.0. The van der Waals surface area contributed by atoms with Crippen LogP contribution in [0.1, 0.15) is 11.1 Å². The van der Waals surface area contributed by atoms with Gasteiger partial charge in [0.05, 0.1) is 11.4 Å². The summed E-state index contributed by atoms with van der Waals surface area (Å²) in [6, 6.07) is 21.2. The van der Waals surface area contributed by atoms with Crippen LogP contribution in [0.15, 0.2) is 91.4 Å². The van der Waals surface area contributed by atoms with E-state index in [9.17, 15) is 4.79 Å². The summed E-state index contributed by atoms with van der Waals surface area (Å²) in [5.74, 6) is -0.0987. The van der Waals surface area contributed by atoms with Crippen molar-refractivity contribution in [2.24, 2.45) is 0 Å². The van der Waals surface area contributed by atoms with Gasteiger partial charge < -0.3 is 4.90 Å². The van der Waals surface area contributed by atoms with Gasteiger partial charge in [-0.15, -0.1) is 0 Å². The number of benzene rings is 2. The Kier molecular flexibility index (Phi) is 6.24. The Balaban J connectivity index is 1.61. The number of pyridine rings is 1. The van der Waals surface area contributed by atoms with Crippen LogP contribution in [0.2, 0.25) is 5.02 Å². The van der Waals surface area contributed by atoms with E-state index in [1.54, 1.807) is 36.5 Å². The second-order valence-corrected chi connectivity index (χ2v) is 7.54. The molecule has 2 aromatic carbocycles. The molecule has 0 unspecified atom stereocenters. The Hall–Kier alpha value is -3.70. The Bertz CT molecular complexity index is 1190. The van der Waals surface area contributed by atoms with Crippen LogP contribution in [0.25, 0.3) is 23.0 Å². The number of hydrogen-bond donors (Lipinski definition) is 0. The fourth-order valence-corrected chi connectivity index (χ4v) is 3.32. The molecule has 4 aromatic rings. The lowest BCUT2D eigenvalue weighted by atomic mass is 10.1. The standard InChI is InChI=1S/C25H21ClN4O/c1-29(24(31)14-9-19-6-5-15-27-16-19)17-21-18-30(23-7-3-2-4-8-23)28-25(21)20-10-12-22(26)13-11-20/h2-16,18H,17H2,1H3. The molecular weight excluding hydrogens is 408 g/mol. The Labute approximate surface area is 186 Å². The van der Waals surface area contributed by atoms with Crippen molar-refractivity contribution in [3.05, 3.63) is 108 Å². The maximum atomic E-state index is 12.7. The quantitative estimate of drug-likeness (QED) is 0.393. The summed E-state index contributed by atoms with van der Waals surface area (Å²) in [7, 11) is 1.78. The van der Waals surface area contributed by atoms with Crippen molar-refractivity contribution in [3.8, 4) is 16.9 Å². The van der Waals surface area contributed by atoms with Crippen molar-refractivity contribution in [1.82, 2.24) is 19.7 Å². The van der Waals surface area contributed by atoms with Gasteiger partial charge in [0.15, 0.2) is 0 Å². The molecule has 0 aliphatic heterocycles. The third kappa shape index (κ3) is 5.08. The first-order valence-corrected chi connectivity index (χ1v) is 10.2. The number of nitrogens with zero attached hydrogens (tertiary/aromatic N) is 4. The minimum atomic E-state index is -0.0987. The largest absolute Gasteiger partial charge is 0.338 e. The zero-order chi connectivity index (χ0) is 21.6. The van der Waals surface area contributed by atoms with Gasteiger partial charge in [-0.05, 0) is 42.0 Å². The number of amides is 1. The minimum absolute atomic E-state index is 0.0987. The molecule has 0 aliphatic carbocycles. The maximum Gasteiger partial charge on any atom is 0.246 e. The van der Waals surface area contributed by atoms with Gasteiger partial charge in [0.2, 0.25) is 5.91 Å². The normalized spacial score (nSPS) is 11.0. The first-order valence-electron chi connectivity index (χ1n) is 9.83. The second kappa shape index (κ2) is 9.41. The highest BCUT2D eigenvalue weighted by atomic mass is 35.5. The van der Waals surface area contributed by atoms with Gasteiger partial charge in [-0.1, -0.05) is 48.0 Å². The average Bonchev–Trinajstić information content (AvgIpc) is 3.23. The highest BCUT2D eigenvalue weighted by molar-refractivity contribution is 6.30. The molecule has 0 N–H and O–H groups in total. The van der Waals surface area contributed by atoms with Crippen molar-refractivity contribution in [3.63, 3.8) is 0 Å². The van der Waals surface area contributed by atoms with Gasteiger partial charge >= 0.3 is 0 Å². The number of likely N-dealkylation sites (N-methyl/N-ethyl adjacent to an activating group) is 1. The summed E-state index contributed by atoms with van der Waals surface area (Å²) >= 11 is 6.06. The van der Waals surface area contributed by atoms with E-state index in [2.05, 4.69) is 4.98 Å². The van der Waals surface area contributed by atoms with E-state index in [0.29, 0.717) is 11.6 Å². The second-order valence-electron chi connectivity index (χ2n) is 7.10. The molecule has 31 heavy (non-hydrogen) atoms. The molecule has 4 rings (SSSR count). The van der Waals surface area contributed by atoms with Gasteiger partial charge in [0.25, 0.3) is 0 Å².